The van der Waals surface area contributed by atoms with Gasteiger partial charge in [-0.3, -0.25) is 0 Å². The monoisotopic (exact) mass is 335 g/mol. The van der Waals surface area contributed by atoms with Gasteiger partial charge >= 0.3 is 0 Å². The highest BCUT2D eigenvalue weighted by atomic mass is 32.2. The van der Waals surface area contributed by atoms with Gasteiger partial charge in [0, 0.05) is 6.04 Å². The first-order valence-corrected chi connectivity index (χ1v) is 9.08. The number of rotatable bonds is 5. The average molecular weight is 335 g/mol. The summed E-state index contributed by atoms with van der Waals surface area (Å²) < 4.78 is 41.2. The van der Waals surface area contributed by atoms with Gasteiger partial charge in [-0.15, -0.1) is 0 Å². The molecule has 5 heteroatoms. The smallest absolute Gasteiger partial charge is 0.207 e. The summed E-state index contributed by atoms with van der Waals surface area (Å²) in [6, 6.07) is 9.32. The van der Waals surface area contributed by atoms with Gasteiger partial charge in [-0.1, -0.05) is 25.1 Å². The molecule has 2 aromatic rings. The van der Waals surface area contributed by atoms with Crippen LogP contribution in [0.3, 0.4) is 0 Å². The molecule has 0 radical (unpaired) electrons. The first kappa shape index (κ1) is 17.6. The molecule has 3 nitrogen and oxygen atoms in total. The molecule has 0 amide bonds. The van der Waals surface area contributed by atoms with Crippen molar-refractivity contribution in [1.82, 2.24) is 4.72 Å². The molecule has 23 heavy (non-hydrogen) atoms. The molecule has 0 unspecified atom stereocenters. The molecule has 2 aromatic carbocycles. The minimum atomic E-state index is -3.71. The zero-order valence-electron chi connectivity index (χ0n) is 13.9. The Hall–Kier alpha value is -1.72. The summed E-state index contributed by atoms with van der Waals surface area (Å²) >= 11 is 0. The second-order valence-corrected chi connectivity index (χ2v) is 7.52. The molecule has 0 fully saturated rings. The van der Waals surface area contributed by atoms with Gasteiger partial charge in [0.1, 0.15) is 5.82 Å². The first-order valence-electron chi connectivity index (χ1n) is 7.60. The fraction of sp³-hybridized carbons (Fsp3) is 0.333. The Morgan fingerprint density at radius 2 is 1.70 bits per heavy atom. The molecule has 0 aliphatic rings. The van der Waals surface area contributed by atoms with E-state index in [1.165, 1.54) is 23.8 Å². The van der Waals surface area contributed by atoms with E-state index < -0.39 is 15.8 Å². The molecule has 0 aliphatic carbocycles. The zero-order chi connectivity index (χ0) is 17.2. The average Bonchev–Trinajstić information content (AvgIpc) is 2.47. The number of halogens is 1. The van der Waals surface area contributed by atoms with Crippen molar-refractivity contribution in [2.24, 2.45) is 0 Å². The predicted octanol–water partition coefficient (Wildman–Crippen LogP) is 4.18. The van der Waals surface area contributed by atoms with Crippen molar-refractivity contribution in [1.29, 1.82) is 0 Å². The largest absolute Gasteiger partial charge is 0.241 e. The van der Waals surface area contributed by atoms with Crippen LogP contribution in [0.1, 0.15) is 41.6 Å². The topological polar surface area (TPSA) is 46.2 Å². The van der Waals surface area contributed by atoms with E-state index in [1.807, 2.05) is 39.0 Å². The van der Waals surface area contributed by atoms with E-state index in [4.69, 9.17) is 0 Å². The predicted molar refractivity (Wildman–Crippen MR) is 90.4 cm³/mol. The van der Waals surface area contributed by atoms with Crippen LogP contribution in [-0.4, -0.2) is 8.42 Å². The summed E-state index contributed by atoms with van der Waals surface area (Å²) in [5.74, 6) is -0.442. The van der Waals surface area contributed by atoms with Gasteiger partial charge < -0.3 is 0 Å². The fourth-order valence-corrected chi connectivity index (χ4v) is 4.07. The Kier molecular flexibility index (Phi) is 5.22. The molecular weight excluding hydrogens is 313 g/mol. The van der Waals surface area contributed by atoms with E-state index >= 15 is 0 Å². The van der Waals surface area contributed by atoms with Crippen LogP contribution >= 0.6 is 0 Å². The quantitative estimate of drug-likeness (QED) is 0.891. The number of nitrogens with one attached hydrogen (secondary N) is 1. The van der Waals surface area contributed by atoms with Crippen LogP contribution < -0.4 is 4.72 Å². The molecule has 0 heterocycles. The Balaban J connectivity index is 2.35. The zero-order valence-corrected chi connectivity index (χ0v) is 14.7. The van der Waals surface area contributed by atoms with Gasteiger partial charge in [0.15, 0.2) is 0 Å². The number of aryl methyl sites for hydroxylation is 3. The summed E-state index contributed by atoms with van der Waals surface area (Å²) in [5.41, 5.74) is 3.62. The molecular formula is C18H22FNO2S. The van der Waals surface area contributed by atoms with Crippen LogP contribution in [0.5, 0.6) is 0 Å². The van der Waals surface area contributed by atoms with Crippen LogP contribution in [0.4, 0.5) is 4.39 Å². The minimum Gasteiger partial charge on any atom is -0.207 e. The second kappa shape index (κ2) is 6.81. The van der Waals surface area contributed by atoms with Crippen molar-refractivity contribution in [3.05, 3.63) is 64.5 Å². The highest BCUT2D eigenvalue weighted by Gasteiger charge is 2.22. The highest BCUT2D eigenvalue weighted by molar-refractivity contribution is 7.89. The maximum atomic E-state index is 13.2. The van der Waals surface area contributed by atoms with E-state index in [0.29, 0.717) is 12.0 Å². The third kappa shape index (κ3) is 3.98. The Bertz CT molecular complexity index is 816. The van der Waals surface area contributed by atoms with Crippen LogP contribution in [0.25, 0.3) is 0 Å². The van der Waals surface area contributed by atoms with Gasteiger partial charge in [0.2, 0.25) is 10.0 Å². The van der Waals surface area contributed by atoms with Crippen LogP contribution in [0, 0.1) is 26.6 Å². The summed E-state index contributed by atoms with van der Waals surface area (Å²) in [6.45, 7) is 7.55. The lowest BCUT2D eigenvalue weighted by Crippen LogP contribution is -2.29. The summed E-state index contributed by atoms with van der Waals surface area (Å²) in [4.78, 5) is 0.112. The van der Waals surface area contributed by atoms with E-state index in [0.717, 1.165) is 11.1 Å². The van der Waals surface area contributed by atoms with Crippen LogP contribution in [-0.2, 0) is 10.0 Å². The minimum absolute atomic E-state index is 0.112. The highest BCUT2D eigenvalue weighted by Crippen LogP contribution is 2.24. The van der Waals surface area contributed by atoms with Crippen LogP contribution in [0.2, 0.25) is 0 Å². The third-order valence-electron chi connectivity index (χ3n) is 4.07. The van der Waals surface area contributed by atoms with Gasteiger partial charge in [0.25, 0.3) is 0 Å². The second-order valence-electron chi connectivity index (χ2n) is 5.84. The summed E-state index contributed by atoms with van der Waals surface area (Å²) in [7, 11) is -3.71. The Morgan fingerprint density at radius 1 is 1.00 bits per heavy atom. The molecule has 2 rings (SSSR count). The van der Waals surface area contributed by atoms with Crippen molar-refractivity contribution >= 4 is 10.0 Å². The van der Waals surface area contributed by atoms with Crippen molar-refractivity contribution in [3.8, 4) is 0 Å². The fourth-order valence-electron chi connectivity index (χ4n) is 2.53. The van der Waals surface area contributed by atoms with Crippen molar-refractivity contribution in [2.45, 2.75) is 45.1 Å². The summed E-state index contributed by atoms with van der Waals surface area (Å²) in [6.07, 6.45) is 0.627. The Morgan fingerprint density at radius 3 is 2.26 bits per heavy atom. The Labute approximate surface area is 137 Å². The normalized spacial score (nSPS) is 13.1. The molecule has 0 aromatic heterocycles. The molecule has 0 saturated heterocycles. The maximum absolute atomic E-state index is 13.2. The van der Waals surface area contributed by atoms with E-state index in [9.17, 15) is 12.8 Å². The van der Waals surface area contributed by atoms with Crippen molar-refractivity contribution < 1.29 is 12.8 Å². The lowest BCUT2D eigenvalue weighted by Gasteiger charge is -2.19. The van der Waals surface area contributed by atoms with E-state index in [1.54, 1.807) is 6.92 Å². The lowest BCUT2D eigenvalue weighted by molar-refractivity contribution is 0.549. The number of benzene rings is 2. The summed E-state index contributed by atoms with van der Waals surface area (Å²) in [5, 5.41) is 0. The molecule has 0 spiro atoms. The first-order chi connectivity index (χ1) is 10.7. The van der Waals surface area contributed by atoms with Gasteiger partial charge in [-0.05, 0) is 67.6 Å². The molecule has 0 bridgehead atoms. The molecule has 1 N–H and O–H groups in total. The van der Waals surface area contributed by atoms with Crippen molar-refractivity contribution in [2.75, 3.05) is 0 Å². The van der Waals surface area contributed by atoms with Gasteiger partial charge in [-0.2, -0.15) is 0 Å². The molecule has 0 aliphatic heterocycles. The van der Waals surface area contributed by atoms with Gasteiger partial charge in [0.05, 0.1) is 4.90 Å². The molecule has 124 valence electrons. The number of sulfonamides is 1. The van der Waals surface area contributed by atoms with Crippen molar-refractivity contribution in [3.63, 3.8) is 0 Å². The van der Waals surface area contributed by atoms with Crippen LogP contribution in [0.15, 0.2) is 41.3 Å². The van der Waals surface area contributed by atoms with Gasteiger partial charge in [-0.25, -0.2) is 17.5 Å². The molecule has 1 atom stereocenters. The maximum Gasteiger partial charge on any atom is 0.241 e. The third-order valence-corrected chi connectivity index (χ3v) is 5.70. The number of hydrogen-bond acceptors (Lipinski definition) is 2. The van der Waals surface area contributed by atoms with E-state index in [2.05, 4.69) is 4.72 Å². The lowest BCUT2D eigenvalue weighted by atomic mass is 10.0. The number of hydrogen-bond donors (Lipinski definition) is 1. The molecule has 0 saturated carbocycles. The van der Waals surface area contributed by atoms with E-state index in [-0.39, 0.29) is 10.9 Å². The standard InChI is InChI=1S/C18H22FNO2S/c1-5-17(15-7-6-12(2)13(3)10-15)20-23(21,22)18-9-8-16(19)11-14(18)4/h6-11,17,20H,5H2,1-4H3/t17-/m1/s1. The SMILES string of the molecule is CC[C@@H](NS(=O)(=O)c1ccc(F)cc1C)c1ccc(C)c(C)c1.